The number of aromatic hydroxyl groups is 1. The average Bonchev–Trinajstić information content (AvgIpc) is 2.37. The minimum absolute atomic E-state index is 0.0966. The van der Waals surface area contributed by atoms with Crippen LogP contribution in [-0.2, 0) is 4.79 Å². The molecule has 0 bridgehead atoms. The third-order valence-corrected chi connectivity index (χ3v) is 3.33. The summed E-state index contributed by atoms with van der Waals surface area (Å²) in [4.78, 5) is 12.1. The topological polar surface area (TPSA) is 46.5 Å². The van der Waals surface area contributed by atoms with Crippen molar-refractivity contribution < 1.29 is 14.6 Å². The number of carbonyl (C=O) groups is 1. The summed E-state index contributed by atoms with van der Waals surface area (Å²) in [6.07, 6.45) is 0.785. The van der Waals surface area contributed by atoms with E-state index < -0.39 is 0 Å². The SMILES string of the molecule is CC(CC(C)(C)C)C(=O)Oc1ccc2cc(O)ccc2c1. The van der Waals surface area contributed by atoms with Gasteiger partial charge in [0.2, 0.25) is 0 Å². The van der Waals surface area contributed by atoms with Crippen molar-refractivity contribution in [2.75, 3.05) is 0 Å². The van der Waals surface area contributed by atoms with Crippen molar-refractivity contribution in [3.05, 3.63) is 36.4 Å². The van der Waals surface area contributed by atoms with Crippen LogP contribution in [0.1, 0.15) is 34.1 Å². The second-order valence-corrected chi connectivity index (χ2v) is 6.78. The molecule has 0 fully saturated rings. The van der Waals surface area contributed by atoms with E-state index in [9.17, 15) is 9.90 Å². The number of phenolic OH excluding ortho intramolecular Hbond substituents is 1. The summed E-state index contributed by atoms with van der Waals surface area (Å²) in [6.45, 7) is 8.23. The van der Waals surface area contributed by atoms with Crippen molar-refractivity contribution in [1.82, 2.24) is 0 Å². The van der Waals surface area contributed by atoms with Crippen LogP contribution >= 0.6 is 0 Å². The van der Waals surface area contributed by atoms with Crippen LogP contribution in [0.15, 0.2) is 36.4 Å². The lowest BCUT2D eigenvalue weighted by Crippen LogP contribution is -2.22. The van der Waals surface area contributed by atoms with Crippen LogP contribution in [-0.4, -0.2) is 11.1 Å². The van der Waals surface area contributed by atoms with Crippen LogP contribution < -0.4 is 4.74 Å². The molecular formula is C18H22O3. The van der Waals surface area contributed by atoms with E-state index in [1.54, 1.807) is 24.3 Å². The number of ether oxygens (including phenoxy) is 1. The lowest BCUT2D eigenvalue weighted by atomic mass is 9.85. The monoisotopic (exact) mass is 286 g/mol. The maximum Gasteiger partial charge on any atom is 0.314 e. The van der Waals surface area contributed by atoms with Gasteiger partial charge in [0.15, 0.2) is 0 Å². The third-order valence-electron chi connectivity index (χ3n) is 3.33. The standard InChI is InChI=1S/C18H22O3/c1-12(11-18(2,3)4)17(20)21-16-8-6-13-9-15(19)7-5-14(13)10-16/h5-10,12,19H,11H2,1-4H3. The highest BCUT2D eigenvalue weighted by atomic mass is 16.5. The van der Waals surface area contributed by atoms with Crippen molar-refractivity contribution in [3.63, 3.8) is 0 Å². The molecule has 112 valence electrons. The zero-order valence-corrected chi connectivity index (χ0v) is 13.0. The van der Waals surface area contributed by atoms with Crippen LogP contribution in [0.5, 0.6) is 11.5 Å². The molecule has 1 atom stereocenters. The number of carbonyl (C=O) groups excluding carboxylic acids is 1. The Kier molecular flexibility index (Phi) is 4.21. The van der Waals surface area contributed by atoms with Crippen LogP contribution in [0.25, 0.3) is 10.8 Å². The molecule has 0 aliphatic carbocycles. The van der Waals surface area contributed by atoms with E-state index in [4.69, 9.17) is 4.74 Å². The summed E-state index contributed by atoms with van der Waals surface area (Å²) in [5.41, 5.74) is 0.0966. The molecule has 0 aliphatic rings. The lowest BCUT2D eigenvalue weighted by molar-refractivity contribution is -0.139. The van der Waals surface area contributed by atoms with E-state index in [0.29, 0.717) is 5.75 Å². The molecule has 1 N–H and O–H groups in total. The van der Waals surface area contributed by atoms with Gasteiger partial charge in [-0.15, -0.1) is 0 Å². The maximum atomic E-state index is 12.1. The van der Waals surface area contributed by atoms with Gasteiger partial charge in [-0.1, -0.05) is 39.8 Å². The molecule has 3 heteroatoms. The first-order valence-corrected chi connectivity index (χ1v) is 7.19. The van der Waals surface area contributed by atoms with E-state index in [1.165, 1.54) is 0 Å². The molecule has 2 aromatic rings. The molecule has 0 spiro atoms. The number of benzene rings is 2. The van der Waals surface area contributed by atoms with E-state index in [0.717, 1.165) is 17.2 Å². The fourth-order valence-corrected chi connectivity index (χ4v) is 2.49. The van der Waals surface area contributed by atoms with Crippen molar-refractivity contribution in [1.29, 1.82) is 0 Å². The molecule has 0 heterocycles. The van der Waals surface area contributed by atoms with Gasteiger partial charge >= 0.3 is 5.97 Å². The van der Waals surface area contributed by atoms with Gasteiger partial charge in [-0.3, -0.25) is 4.79 Å². The second-order valence-electron chi connectivity index (χ2n) is 6.78. The summed E-state index contributed by atoms with van der Waals surface area (Å²) in [6, 6.07) is 10.5. The summed E-state index contributed by atoms with van der Waals surface area (Å²) in [5, 5.41) is 11.3. The highest BCUT2D eigenvalue weighted by molar-refractivity contribution is 5.86. The number of phenols is 1. The van der Waals surface area contributed by atoms with Gasteiger partial charge in [-0.2, -0.15) is 0 Å². The van der Waals surface area contributed by atoms with Gasteiger partial charge in [0.05, 0.1) is 5.92 Å². The van der Waals surface area contributed by atoms with Gasteiger partial charge in [-0.25, -0.2) is 0 Å². The summed E-state index contributed by atoms with van der Waals surface area (Å²) in [5.74, 6) is 0.425. The number of rotatable bonds is 3. The molecule has 0 radical (unpaired) electrons. The Balaban J connectivity index is 2.12. The Hall–Kier alpha value is -2.03. The Morgan fingerprint density at radius 1 is 1.14 bits per heavy atom. The smallest absolute Gasteiger partial charge is 0.314 e. The molecule has 21 heavy (non-hydrogen) atoms. The fourth-order valence-electron chi connectivity index (χ4n) is 2.49. The van der Waals surface area contributed by atoms with E-state index in [1.807, 2.05) is 19.1 Å². The summed E-state index contributed by atoms with van der Waals surface area (Å²) < 4.78 is 5.46. The Morgan fingerprint density at radius 3 is 2.43 bits per heavy atom. The van der Waals surface area contributed by atoms with Crippen molar-refractivity contribution >= 4 is 16.7 Å². The quantitative estimate of drug-likeness (QED) is 0.666. The van der Waals surface area contributed by atoms with Crippen LogP contribution in [0.2, 0.25) is 0 Å². The van der Waals surface area contributed by atoms with E-state index in [2.05, 4.69) is 20.8 Å². The third kappa shape index (κ3) is 4.22. The molecule has 2 aromatic carbocycles. The Labute approximate surface area is 125 Å². The highest BCUT2D eigenvalue weighted by Crippen LogP contribution is 2.27. The van der Waals surface area contributed by atoms with Gasteiger partial charge in [0.25, 0.3) is 0 Å². The first kappa shape index (κ1) is 15.4. The summed E-state index contributed by atoms with van der Waals surface area (Å²) in [7, 11) is 0. The van der Waals surface area contributed by atoms with Crippen molar-refractivity contribution in [2.45, 2.75) is 34.1 Å². The fraction of sp³-hybridized carbons (Fsp3) is 0.389. The lowest BCUT2D eigenvalue weighted by Gasteiger charge is -2.22. The van der Waals surface area contributed by atoms with Gasteiger partial charge in [0.1, 0.15) is 11.5 Å². The number of hydrogen-bond acceptors (Lipinski definition) is 3. The van der Waals surface area contributed by atoms with Crippen LogP contribution in [0, 0.1) is 11.3 Å². The number of hydrogen-bond donors (Lipinski definition) is 1. The average molecular weight is 286 g/mol. The molecule has 0 saturated heterocycles. The normalized spacial score (nSPS) is 13.1. The van der Waals surface area contributed by atoms with Crippen LogP contribution in [0.3, 0.4) is 0 Å². The molecule has 0 aromatic heterocycles. The minimum atomic E-state index is -0.206. The largest absolute Gasteiger partial charge is 0.508 e. The van der Waals surface area contributed by atoms with Gasteiger partial charge in [0, 0.05) is 0 Å². The summed E-state index contributed by atoms with van der Waals surface area (Å²) >= 11 is 0. The predicted octanol–water partition coefficient (Wildman–Crippen LogP) is 4.52. The zero-order chi connectivity index (χ0) is 15.6. The van der Waals surface area contributed by atoms with E-state index in [-0.39, 0.29) is 23.1 Å². The van der Waals surface area contributed by atoms with Crippen LogP contribution in [0.4, 0.5) is 0 Å². The first-order chi connectivity index (χ1) is 9.74. The molecule has 1 unspecified atom stereocenters. The Bertz CT molecular complexity index is 653. The minimum Gasteiger partial charge on any atom is -0.508 e. The number of esters is 1. The molecule has 0 saturated carbocycles. The van der Waals surface area contributed by atoms with E-state index >= 15 is 0 Å². The highest BCUT2D eigenvalue weighted by Gasteiger charge is 2.22. The first-order valence-electron chi connectivity index (χ1n) is 7.19. The van der Waals surface area contributed by atoms with Crippen molar-refractivity contribution in [3.8, 4) is 11.5 Å². The molecule has 0 aliphatic heterocycles. The predicted molar refractivity (Wildman–Crippen MR) is 84.5 cm³/mol. The molecule has 3 nitrogen and oxygen atoms in total. The molecular weight excluding hydrogens is 264 g/mol. The maximum absolute atomic E-state index is 12.1. The molecule has 0 amide bonds. The molecule has 2 rings (SSSR count). The van der Waals surface area contributed by atoms with Crippen molar-refractivity contribution in [2.24, 2.45) is 11.3 Å². The second kappa shape index (κ2) is 5.76. The van der Waals surface area contributed by atoms with Gasteiger partial charge in [-0.05, 0) is 46.9 Å². The Morgan fingerprint density at radius 2 is 1.76 bits per heavy atom. The zero-order valence-electron chi connectivity index (χ0n) is 13.0. The number of fused-ring (bicyclic) bond motifs is 1. The van der Waals surface area contributed by atoms with Gasteiger partial charge < -0.3 is 9.84 Å².